The second-order valence-electron chi connectivity index (χ2n) is 11.0. The zero-order chi connectivity index (χ0) is 23.4. The second kappa shape index (κ2) is 7.68. The van der Waals surface area contributed by atoms with Crippen molar-refractivity contribution >= 4 is 16.6 Å². The first-order valence-corrected chi connectivity index (χ1v) is 11.5. The Hall–Kier alpha value is -2.75. The first-order valence-electron chi connectivity index (χ1n) is 11.5. The minimum atomic E-state index is -0.0608. The Morgan fingerprint density at radius 3 is 2.22 bits per heavy atom. The van der Waals surface area contributed by atoms with Gasteiger partial charge >= 0.3 is 0 Å². The summed E-state index contributed by atoms with van der Waals surface area (Å²) in [6.45, 7) is 17.9. The molecule has 0 saturated carbocycles. The van der Waals surface area contributed by atoms with Gasteiger partial charge < -0.3 is 13.9 Å². The van der Waals surface area contributed by atoms with E-state index >= 15 is 0 Å². The van der Waals surface area contributed by atoms with Crippen LogP contribution in [0.4, 0.5) is 0 Å². The maximum atomic E-state index is 5.85. The van der Waals surface area contributed by atoms with Crippen molar-refractivity contribution in [2.45, 2.75) is 78.9 Å². The average molecular weight is 432 g/mol. The molecule has 1 unspecified atom stereocenters. The van der Waals surface area contributed by atoms with Gasteiger partial charge in [-0.15, -0.1) is 0 Å². The molecule has 0 saturated heterocycles. The molecular weight excluding hydrogens is 394 g/mol. The van der Waals surface area contributed by atoms with E-state index in [1.165, 1.54) is 27.9 Å². The lowest BCUT2D eigenvalue weighted by atomic mass is 10.0. The Morgan fingerprint density at radius 1 is 0.938 bits per heavy atom. The van der Waals surface area contributed by atoms with Gasteiger partial charge in [-0.05, 0) is 79.2 Å². The maximum absolute atomic E-state index is 5.85. The van der Waals surface area contributed by atoms with Crippen LogP contribution in [-0.2, 0) is 22.2 Å². The molecule has 0 N–H and O–H groups in total. The lowest BCUT2D eigenvalue weighted by Gasteiger charge is -2.28. The molecule has 1 aliphatic heterocycles. The van der Waals surface area contributed by atoms with Gasteiger partial charge in [-0.25, -0.2) is 0 Å². The van der Waals surface area contributed by atoms with Crippen LogP contribution in [0.25, 0.3) is 10.9 Å². The summed E-state index contributed by atoms with van der Waals surface area (Å²) in [6, 6.07) is 13.1. The number of aromatic nitrogens is 2. The summed E-state index contributed by atoms with van der Waals surface area (Å²) in [4.78, 5) is 5.21. The Kier molecular flexibility index (Phi) is 5.39. The number of hydrogen-bond donors (Lipinski definition) is 0. The first kappa shape index (κ1) is 22.4. The van der Waals surface area contributed by atoms with Crippen LogP contribution in [0.15, 0.2) is 53.2 Å². The van der Waals surface area contributed by atoms with E-state index in [4.69, 9.17) is 9.73 Å². The summed E-state index contributed by atoms with van der Waals surface area (Å²) in [7, 11) is 1.76. The largest absolute Gasteiger partial charge is 0.499 e. The standard InChI is InChI=1S/C28H37N3O/c1-18-14-19(2)30(27(3,4)5)24(18)16-22-26(32-9)17-21(29-22)25-15-20-12-10-11-13-23(20)31(25)28(6,7)8/h10-15,17,22H,16H2,1-9H3. The van der Waals surface area contributed by atoms with Gasteiger partial charge in [0.25, 0.3) is 0 Å². The highest BCUT2D eigenvalue weighted by atomic mass is 16.5. The number of methoxy groups -OCH3 is 1. The van der Waals surface area contributed by atoms with Crippen molar-refractivity contribution in [3.8, 4) is 0 Å². The SMILES string of the molecule is COC1=CC(c2cc3ccccc3n2C(C)(C)C)=NC1Cc1c(C)cc(C)n1C(C)(C)C. The van der Waals surface area contributed by atoms with Crippen molar-refractivity contribution in [3.63, 3.8) is 0 Å². The van der Waals surface area contributed by atoms with E-state index in [0.29, 0.717) is 0 Å². The Labute approximate surface area is 192 Å². The summed E-state index contributed by atoms with van der Waals surface area (Å²) in [5.41, 5.74) is 7.30. The van der Waals surface area contributed by atoms with E-state index in [-0.39, 0.29) is 17.1 Å². The molecule has 1 aliphatic rings. The molecule has 4 rings (SSSR count). The topological polar surface area (TPSA) is 31.4 Å². The van der Waals surface area contributed by atoms with Gasteiger partial charge in [0.15, 0.2) is 0 Å². The highest BCUT2D eigenvalue weighted by molar-refractivity contribution is 6.12. The van der Waals surface area contributed by atoms with Gasteiger partial charge in [0.2, 0.25) is 0 Å². The molecule has 0 spiro atoms. The quantitative estimate of drug-likeness (QED) is 0.463. The van der Waals surface area contributed by atoms with Gasteiger partial charge in [0.1, 0.15) is 11.8 Å². The molecule has 2 aromatic heterocycles. The van der Waals surface area contributed by atoms with Gasteiger partial charge in [-0.1, -0.05) is 18.2 Å². The minimum absolute atomic E-state index is 0.0180. The number of hydrogen-bond acceptors (Lipinski definition) is 2. The van der Waals surface area contributed by atoms with Crippen molar-refractivity contribution in [1.82, 2.24) is 9.13 Å². The third kappa shape index (κ3) is 3.80. The molecule has 0 bridgehead atoms. The molecule has 32 heavy (non-hydrogen) atoms. The maximum Gasteiger partial charge on any atom is 0.123 e. The van der Waals surface area contributed by atoms with Crippen LogP contribution in [0, 0.1) is 13.8 Å². The number of aryl methyl sites for hydroxylation is 2. The predicted octanol–water partition coefficient (Wildman–Crippen LogP) is 6.51. The summed E-state index contributed by atoms with van der Waals surface area (Å²) in [5.74, 6) is 0.935. The molecule has 0 radical (unpaired) electrons. The lowest BCUT2D eigenvalue weighted by molar-refractivity contribution is 0.265. The number of ether oxygens (including phenoxy) is 1. The van der Waals surface area contributed by atoms with Gasteiger partial charge in [-0.2, -0.15) is 0 Å². The van der Waals surface area contributed by atoms with E-state index in [9.17, 15) is 0 Å². The smallest absolute Gasteiger partial charge is 0.123 e. The lowest BCUT2D eigenvalue weighted by Crippen LogP contribution is -2.27. The van der Waals surface area contributed by atoms with Crippen molar-refractivity contribution in [1.29, 1.82) is 0 Å². The first-order chi connectivity index (χ1) is 14.9. The fourth-order valence-corrected chi connectivity index (χ4v) is 5.27. The molecule has 1 atom stereocenters. The van der Waals surface area contributed by atoms with Gasteiger partial charge in [0, 0.05) is 45.9 Å². The molecule has 1 aromatic carbocycles. The number of nitrogens with zero attached hydrogens (tertiary/aromatic N) is 3. The zero-order valence-electron chi connectivity index (χ0n) is 21.1. The van der Waals surface area contributed by atoms with Crippen LogP contribution in [0.3, 0.4) is 0 Å². The number of fused-ring (bicyclic) bond motifs is 1. The van der Waals surface area contributed by atoms with E-state index in [0.717, 1.165) is 23.6 Å². The van der Waals surface area contributed by atoms with E-state index < -0.39 is 0 Å². The Morgan fingerprint density at radius 2 is 1.59 bits per heavy atom. The van der Waals surface area contributed by atoms with E-state index in [1.807, 2.05) is 0 Å². The molecular formula is C28H37N3O. The molecule has 3 aromatic rings. The normalized spacial score (nSPS) is 17.1. The Bertz CT molecular complexity index is 1220. The zero-order valence-corrected chi connectivity index (χ0v) is 21.1. The molecule has 0 amide bonds. The Balaban J connectivity index is 1.80. The third-order valence-corrected chi connectivity index (χ3v) is 6.34. The summed E-state index contributed by atoms with van der Waals surface area (Å²) >= 11 is 0. The number of aliphatic imine (C=N–C) groups is 1. The van der Waals surface area contributed by atoms with Crippen LogP contribution < -0.4 is 0 Å². The number of para-hydroxylation sites is 1. The van der Waals surface area contributed by atoms with E-state index in [1.54, 1.807) is 7.11 Å². The minimum Gasteiger partial charge on any atom is -0.499 e. The molecule has 170 valence electrons. The van der Waals surface area contributed by atoms with Crippen LogP contribution in [0.5, 0.6) is 0 Å². The number of rotatable bonds is 4. The molecule has 0 fully saturated rings. The van der Waals surface area contributed by atoms with Crippen molar-refractivity contribution in [2.24, 2.45) is 4.99 Å². The van der Waals surface area contributed by atoms with Gasteiger partial charge in [-0.3, -0.25) is 4.99 Å². The monoisotopic (exact) mass is 431 g/mol. The predicted molar refractivity (Wildman–Crippen MR) is 135 cm³/mol. The van der Waals surface area contributed by atoms with Crippen molar-refractivity contribution < 1.29 is 4.74 Å². The van der Waals surface area contributed by atoms with Gasteiger partial charge in [0.05, 0.1) is 18.5 Å². The highest BCUT2D eigenvalue weighted by Crippen LogP contribution is 2.33. The van der Waals surface area contributed by atoms with Crippen LogP contribution in [0.1, 0.15) is 64.2 Å². The fraction of sp³-hybridized carbons (Fsp3) is 0.464. The summed E-state index contributed by atoms with van der Waals surface area (Å²) < 4.78 is 10.7. The summed E-state index contributed by atoms with van der Waals surface area (Å²) in [5, 5.41) is 1.24. The van der Waals surface area contributed by atoms with Crippen LogP contribution in [0.2, 0.25) is 0 Å². The molecule has 4 heteroatoms. The van der Waals surface area contributed by atoms with Crippen molar-refractivity contribution in [3.05, 3.63) is 70.9 Å². The fourth-order valence-electron chi connectivity index (χ4n) is 5.27. The molecule has 3 heterocycles. The van der Waals surface area contributed by atoms with Crippen LogP contribution in [-0.4, -0.2) is 28.0 Å². The molecule has 4 nitrogen and oxygen atoms in total. The number of benzene rings is 1. The second-order valence-corrected chi connectivity index (χ2v) is 11.0. The number of allylic oxidation sites excluding steroid dienone is 1. The molecule has 0 aliphatic carbocycles. The van der Waals surface area contributed by atoms with Crippen LogP contribution >= 0.6 is 0 Å². The highest BCUT2D eigenvalue weighted by Gasteiger charge is 2.30. The van der Waals surface area contributed by atoms with Crippen molar-refractivity contribution in [2.75, 3.05) is 7.11 Å². The average Bonchev–Trinajstić information content (AvgIpc) is 3.34. The third-order valence-electron chi connectivity index (χ3n) is 6.34. The summed E-state index contributed by atoms with van der Waals surface area (Å²) in [6.07, 6.45) is 2.96. The van der Waals surface area contributed by atoms with E-state index in [2.05, 4.69) is 107 Å².